The highest BCUT2D eigenvalue weighted by Crippen LogP contribution is 2.24. The van der Waals surface area contributed by atoms with E-state index in [4.69, 9.17) is 4.74 Å². The summed E-state index contributed by atoms with van der Waals surface area (Å²) in [5.41, 5.74) is 1.92. The molecule has 10 heteroatoms. The van der Waals surface area contributed by atoms with Crippen LogP contribution in [0.3, 0.4) is 0 Å². The lowest BCUT2D eigenvalue weighted by atomic mass is 10.2. The Balaban J connectivity index is 0.000000389. The van der Waals surface area contributed by atoms with Crippen molar-refractivity contribution in [3.8, 4) is 17.6 Å². The maximum absolute atomic E-state index is 14.6. The Bertz CT molecular complexity index is 1410. The molecule has 0 radical (unpaired) electrons. The van der Waals surface area contributed by atoms with Crippen LogP contribution in [-0.2, 0) is 11.2 Å². The van der Waals surface area contributed by atoms with Gasteiger partial charge in [-0.25, -0.2) is 13.6 Å². The van der Waals surface area contributed by atoms with Crippen molar-refractivity contribution in [2.24, 2.45) is 0 Å². The van der Waals surface area contributed by atoms with Gasteiger partial charge in [0.05, 0.1) is 12.1 Å². The van der Waals surface area contributed by atoms with E-state index in [9.17, 15) is 18.4 Å². The molecule has 1 aromatic heterocycles. The minimum absolute atomic E-state index is 0.113. The van der Waals surface area contributed by atoms with Gasteiger partial charge >= 0.3 is 6.03 Å². The van der Waals surface area contributed by atoms with Crippen LogP contribution in [0.4, 0.5) is 13.6 Å². The molecule has 2 N–H and O–H groups in total. The molecule has 2 aromatic rings. The van der Waals surface area contributed by atoms with E-state index in [0.717, 1.165) is 24.9 Å². The number of nitrogens with one attached hydrogen (secondary N) is 2. The molecule has 2 fully saturated rings. The van der Waals surface area contributed by atoms with E-state index in [0.29, 0.717) is 36.0 Å². The zero-order valence-corrected chi connectivity index (χ0v) is 25.7. The number of nitrogens with zero attached hydrogens (tertiary/aromatic N) is 3. The van der Waals surface area contributed by atoms with Crippen LogP contribution in [-0.4, -0.2) is 79.1 Å². The van der Waals surface area contributed by atoms with Crippen LogP contribution in [0, 0.1) is 17.7 Å². The number of pyridine rings is 1. The Kier molecular flexibility index (Phi) is 14.7. The smallest absolute Gasteiger partial charge is 0.318 e. The zero-order valence-electron chi connectivity index (χ0n) is 25.7. The van der Waals surface area contributed by atoms with Gasteiger partial charge in [0, 0.05) is 56.8 Å². The first-order valence-electron chi connectivity index (χ1n) is 14.9. The van der Waals surface area contributed by atoms with Gasteiger partial charge in [-0.3, -0.25) is 14.8 Å². The van der Waals surface area contributed by atoms with Crippen molar-refractivity contribution in [3.63, 3.8) is 0 Å². The van der Waals surface area contributed by atoms with Gasteiger partial charge in [-0.2, -0.15) is 0 Å². The predicted molar refractivity (Wildman–Crippen MR) is 173 cm³/mol. The number of carbonyl (C=O) groups is 2. The standard InChI is InChI=1S/C25H30FN5O2.C8H7FO.C2H4/c1-27-25(32)29-20-6-8-22(26)24(9-7-20)33-23-10-12-28-17-19(23)5-4-13-30-16-11-21(18-30)31-14-2-3-15-31;9-8-3-1-7(2-4-8)5-6-10;1-2/h6-10,12,17,21-22H,2-3,11,13-16,18H2,1H3,(H2,27,29,32);1-4,6H,5H2;1-2H2/t21-,22?;;/m0../s1. The molecule has 1 aliphatic carbocycles. The summed E-state index contributed by atoms with van der Waals surface area (Å²) in [6.45, 7) is 11.3. The highest BCUT2D eigenvalue weighted by Gasteiger charge is 2.28. The summed E-state index contributed by atoms with van der Waals surface area (Å²) < 4.78 is 32.7. The molecule has 5 rings (SSSR count). The van der Waals surface area contributed by atoms with Gasteiger partial charge < -0.3 is 20.2 Å². The second kappa shape index (κ2) is 18.9. The number of allylic oxidation sites excluding steroid dienone is 4. The molecule has 0 spiro atoms. The monoisotopic (exact) mass is 617 g/mol. The molecule has 2 saturated heterocycles. The largest absolute Gasteiger partial charge is 0.457 e. The number of alkyl halides is 1. The third-order valence-corrected chi connectivity index (χ3v) is 7.30. The number of halogens is 2. The third kappa shape index (κ3) is 11.4. The van der Waals surface area contributed by atoms with Crippen molar-refractivity contribution in [1.29, 1.82) is 0 Å². The molecule has 3 heterocycles. The first kappa shape index (κ1) is 34.9. The number of hydrogen-bond acceptors (Lipinski definition) is 6. The lowest BCUT2D eigenvalue weighted by Gasteiger charge is -2.23. The second-order valence-electron chi connectivity index (χ2n) is 10.3. The van der Waals surface area contributed by atoms with Crippen LogP contribution < -0.4 is 15.4 Å². The highest BCUT2D eigenvalue weighted by atomic mass is 19.1. The quantitative estimate of drug-likeness (QED) is 0.260. The SMILES string of the molecule is C=C.CNC(=O)NC1=CC=C(Oc2ccncc2C#CCN2CC[C@H](N3CCCC3)C2)C(F)C=C1.O=CCc1ccc(F)cc1. The minimum Gasteiger partial charge on any atom is -0.457 e. The van der Waals surface area contributed by atoms with E-state index in [1.807, 2.05) is 0 Å². The number of carbonyl (C=O) groups excluding carboxylic acids is 2. The molecule has 0 saturated carbocycles. The molecule has 3 aliphatic rings. The molecular weight excluding hydrogens is 576 g/mol. The number of benzene rings is 1. The summed E-state index contributed by atoms with van der Waals surface area (Å²) in [5, 5.41) is 5.08. The fourth-order valence-electron chi connectivity index (χ4n) is 4.99. The Labute approximate surface area is 264 Å². The van der Waals surface area contributed by atoms with Crippen molar-refractivity contribution in [3.05, 3.63) is 109 Å². The summed E-state index contributed by atoms with van der Waals surface area (Å²) >= 11 is 0. The van der Waals surface area contributed by atoms with Crippen LogP contribution in [0.15, 0.2) is 91.6 Å². The topological polar surface area (TPSA) is 86.8 Å². The summed E-state index contributed by atoms with van der Waals surface area (Å²) in [6, 6.07) is 7.85. The molecule has 45 heavy (non-hydrogen) atoms. The molecule has 2 aliphatic heterocycles. The van der Waals surface area contributed by atoms with Gasteiger partial charge in [-0.15, -0.1) is 13.2 Å². The number of hydrogen-bond donors (Lipinski definition) is 2. The average molecular weight is 618 g/mol. The zero-order chi connectivity index (χ0) is 32.4. The van der Waals surface area contributed by atoms with Gasteiger partial charge in [-0.1, -0.05) is 24.0 Å². The molecule has 2 atom stereocenters. The molecule has 8 nitrogen and oxygen atoms in total. The Hall–Kier alpha value is -4.59. The number of aromatic nitrogens is 1. The number of amides is 2. The summed E-state index contributed by atoms with van der Waals surface area (Å²) in [7, 11) is 1.51. The van der Waals surface area contributed by atoms with Crippen LogP contribution in [0.25, 0.3) is 0 Å². The van der Waals surface area contributed by atoms with Crippen LogP contribution in [0.2, 0.25) is 0 Å². The summed E-state index contributed by atoms with van der Waals surface area (Å²) in [6.07, 6.45) is 12.7. The van der Waals surface area contributed by atoms with Gasteiger partial charge in [-0.05, 0) is 74.4 Å². The number of aldehydes is 1. The Morgan fingerprint density at radius 3 is 2.62 bits per heavy atom. The van der Waals surface area contributed by atoms with E-state index in [2.05, 4.69) is 50.4 Å². The molecule has 2 amide bonds. The third-order valence-electron chi connectivity index (χ3n) is 7.30. The number of rotatable bonds is 7. The fraction of sp³-hybridized carbons (Fsp3) is 0.343. The first-order valence-corrected chi connectivity index (χ1v) is 14.9. The normalized spacial score (nSPS) is 19.2. The van der Waals surface area contributed by atoms with Crippen molar-refractivity contribution in [2.45, 2.75) is 37.9 Å². The van der Waals surface area contributed by atoms with Gasteiger partial charge in [0.2, 0.25) is 0 Å². The Morgan fingerprint density at radius 2 is 1.91 bits per heavy atom. The van der Waals surface area contributed by atoms with Crippen LogP contribution in [0.1, 0.15) is 30.4 Å². The second-order valence-corrected chi connectivity index (χ2v) is 10.3. The predicted octanol–water partition coefficient (Wildman–Crippen LogP) is 4.96. The van der Waals surface area contributed by atoms with Crippen molar-refractivity contribution < 1.29 is 23.1 Å². The minimum atomic E-state index is -1.45. The maximum atomic E-state index is 14.6. The Morgan fingerprint density at radius 1 is 1.16 bits per heavy atom. The van der Waals surface area contributed by atoms with E-state index < -0.39 is 6.17 Å². The fourth-order valence-corrected chi connectivity index (χ4v) is 4.99. The van der Waals surface area contributed by atoms with E-state index in [-0.39, 0.29) is 17.6 Å². The molecular formula is C35H41F2N5O3. The first-order chi connectivity index (χ1) is 21.9. The number of urea groups is 1. The van der Waals surface area contributed by atoms with E-state index in [1.54, 1.807) is 36.7 Å². The number of likely N-dealkylation sites (tertiary alicyclic amines) is 2. The molecule has 1 unspecified atom stereocenters. The van der Waals surface area contributed by atoms with Crippen molar-refractivity contribution >= 4 is 12.3 Å². The van der Waals surface area contributed by atoms with E-state index >= 15 is 0 Å². The highest BCUT2D eigenvalue weighted by molar-refractivity contribution is 5.76. The lowest BCUT2D eigenvalue weighted by molar-refractivity contribution is -0.107. The van der Waals surface area contributed by atoms with Gasteiger partial charge in [0.15, 0.2) is 6.17 Å². The van der Waals surface area contributed by atoms with E-state index in [1.165, 1.54) is 69.8 Å². The van der Waals surface area contributed by atoms with Gasteiger partial charge in [0.1, 0.15) is 23.6 Å². The number of ether oxygens (including phenoxy) is 1. The van der Waals surface area contributed by atoms with Gasteiger partial charge in [0.25, 0.3) is 0 Å². The van der Waals surface area contributed by atoms with Crippen LogP contribution >= 0.6 is 0 Å². The van der Waals surface area contributed by atoms with Crippen LogP contribution in [0.5, 0.6) is 5.75 Å². The molecule has 1 aromatic carbocycles. The maximum Gasteiger partial charge on any atom is 0.318 e. The van der Waals surface area contributed by atoms with Crippen molar-refractivity contribution in [2.75, 3.05) is 39.8 Å². The summed E-state index contributed by atoms with van der Waals surface area (Å²) in [5.74, 6) is 6.68. The molecule has 0 bridgehead atoms. The average Bonchev–Trinajstić information content (AvgIpc) is 3.74. The molecule has 238 valence electrons. The summed E-state index contributed by atoms with van der Waals surface area (Å²) in [4.78, 5) is 30.6. The van der Waals surface area contributed by atoms with Crippen molar-refractivity contribution in [1.82, 2.24) is 25.4 Å². The lowest BCUT2D eigenvalue weighted by Crippen LogP contribution is -2.35.